The number of aryl methyl sites for hydroxylation is 1. The number of thiazole rings is 1. The molecule has 0 saturated carbocycles. The normalized spacial score (nSPS) is 10.5. The monoisotopic (exact) mass is 376 g/mol. The van der Waals surface area contributed by atoms with Crippen molar-refractivity contribution in [3.05, 3.63) is 74.9 Å². The van der Waals surface area contributed by atoms with Gasteiger partial charge in [-0.3, -0.25) is 4.79 Å². The molecule has 3 rings (SSSR count). The summed E-state index contributed by atoms with van der Waals surface area (Å²) in [5, 5.41) is 5.49. The van der Waals surface area contributed by atoms with Crippen LogP contribution in [0.2, 0.25) is 5.02 Å². The fourth-order valence-electron chi connectivity index (χ4n) is 2.09. The number of amides is 1. The zero-order chi connectivity index (χ0) is 17.8. The van der Waals surface area contributed by atoms with Crippen LogP contribution in [0.15, 0.2) is 47.8 Å². The number of carbonyl (C=O) groups excluding carboxylic acids is 1. The molecule has 0 fully saturated rings. The molecular formula is C18H14ClFN2O2S. The molecule has 1 N–H and O–H groups in total. The highest BCUT2D eigenvalue weighted by molar-refractivity contribution is 7.09. The van der Waals surface area contributed by atoms with E-state index in [2.05, 4.69) is 10.3 Å². The molecule has 0 aliphatic heterocycles. The molecule has 0 radical (unpaired) electrons. The van der Waals surface area contributed by atoms with Crippen molar-refractivity contribution < 1.29 is 13.9 Å². The average Bonchev–Trinajstić information content (AvgIpc) is 3.02. The Balaban J connectivity index is 1.60. The zero-order valence-electron chi connectivity index (χ0n) is 13.3. The van der Waals surface area contributed by atoms with Crippen molar-refractivity contribution in [1.82, 2.24) is 4.98 Å². The van der Waals surface area contributed by atoms with E-state index in [1.54, 1.807) is 35.6 Å². The third-order valence-electron chi connectivity index (χ3n) is 3.32. The van der Waals surface area contributed by atoms with E-state index in [0.717, 1.165) is 10.7 Å². The van der Waals surface area contributed by atoms with Crippen LogP contribution in [0.25, 0.3) is 0 Å². The van der Waals surface area contributed by atoms with Crippen LogP contribution in [-0.2, 0) is 6.61 Å². The maximum absolute atomic E-state index is 13.1. The number of aromatic nitrogens is 1. The number of rotatable bonds is 5. The maximum atomic E-state index is 13.1. The van der Waals surface area contributed by atoms with Gasteiger partial charge < -0.3 is 10.1 Å². The van der Waals surface area contributed by atoms with Crippen LogP contribution in [-0.4, -0.2) is 10.9 Å². The van der Waals surface area contributed by atoms with E-state index in [9.17, 15) is 9.18 Å². The van der Waals surface area contributed by atoms with Gasteiger partial charge in [-0.05, 0) is 49.4 Å². The first-order valence-electron chi connectivity index (χ1n) is 7.41. The number of hydrogen-bond acceptors (Lipinski definition) is 4. The van der Waals surface area contributed by atoms with Crippen LogP contribution in [0.3, 0.4) is 0 Å². The van der Waals surface area contributed by atoms with Crippen molar-refractivity contribution in [3.8, 4) is 5.75 Å². The maximum Gasteiger partial charge on any atom is 0.255 e. The lowest BCUT2D eigenvalue weighted by molar-refractivity contribution is 0.102. The van der Waals surface area contributed by atoms with Crippen LogP contribution in [0.5, 0.6) is 5.75 Å². The summed E-state index contributed by atoms with van der Waals surface area (Å²) in [6, 6.07) is 10.8. The Bertz CT molecular complexity index is 896. The molecule has 0 spiro atoms. The first-order chi connectivity index (χ1) is 12.0. The van der Waals surface area contributed by atoms with Gasteiger partial charge in [0.1, 0.15) is 23.2 Å². The number of anilines is 1. The molecular weight excluding hydrogens is 363 g/mol. The van der Waals surface area contributed by atoms with E-state index >= 15 is 0 Å². The standard InChI is InChI=1S/C18H14ClFN2O2S/c1-11-10-25-17(21-11)9-24-14-5-2-12(3-6-14)18(23)22-13-4-7-16(20)15(19)8-13/h2-8,10H,9H2,1H3,(H,22,23). The molecule has 2 aromatic carbocycles. The quantitative estimate of drug-likeness (QED) is 0.675. The van der Waals surface area contributed by atoms with Gasteiger partial charge in [-0.1, -0.05) is 11.6 Å². The molecule has 25 heavy (non-hydrogen) atoms. The first kappa shape index (κ1) is 17.4. The molecule has 0 aliphatic carbocycles. The van der Waals surface area contributed by atoms with Crippen molar-refractivity contribution >= 4 is 34.5 Å². The summed E-state index contributed by atoms with van der Waals surface area (Å²) in [6.07, 6.45) is 0. The average molecular weight is 377 g/mol. The number of nitrogens with one attached hydrogen (secondary N) is 1. The minimum atomic E-state index is -0.531. The molecule has 1 aromatic heterocycles. The predicted molar refractivity (Wildman–Crippen MR) is 97.0 cm³/mol. The number of hydrogen-bond donors (Lipinski definition) is 1. The van der Waals surface area contributed by atoms with Gasteiger partial charge >= 0.3 is 0 Å². The van der Waals surface area contributed by atoms with Crippen molar-refractivity contribution in [2.75, 3.05) is 5.32 Å². The summed E-state index contributed by atoms with van der Waals surface area (Å²) in [4.78, 5) is 16.5. The lowest BCUT2D eigenvalue weighted by Gasteiger charge is -2.08. The van der Waals surface area contributed by atoms with Crippen molar-refractivity contribution in [1.29, 1.82) is 0 Å². The highest BCUT2D eigenvalue weighted by Crippen LogP contribution is 2.21. The molecule has 4 nitrogen and oxygen atoms in total. The fraction of sp³-hybridized carbons (Fsp3) is 0.111. The van der Waals surface area contributed by atoms with Crippen LogP contribution >= 0.6 is 22.9 Å². The van der Waals surface area contributed by atoms with E-state index < -0.39 is 5.82 Å². The van der Waals surface area contributed by atoms with Gasteiger partial charge in [0.05, 0.1) is 5.02 Å². The zero-order valence-corrected chi connectivity index (χ0v) is 14.8. The summed E-state index contributed by atoms with van der Waals surface area (Å²) < 4.78 is 18.8. The van der Waals surface area contributed by atoms with Crippen LogP contribution in [0.4, 0.5) is 10.1 Å². The molecule has 1 amide bonds. The molecule has 0 aliphatic rings. The number of halogens is 2. The van der Waals surface area contributed by atoms with Gasteiger partial charge in [0.2, 0.25) is 0 Å². The second-order valence-corrected chi connectivity index (χ2v) is 6.63. The molecule has 128 valence electrons. The van der Waals surface area contributed by atoms with Gasteiger partial charge in [0, 0.05) is 22.3 Å². The highest BCUT2D eigenvalue weighted by atomic mass is 35.5. The van der Waals surface area contributed by atoms with Gasteiger partial charge in [-0.2, -0.15) is 0 Å². The third kappa shape index (κ3) is 4.55. The van der Waals surface area contributed by atoms with Crippen molar-refractivity contribution in [2.45, 2.75) is 13.5 Å². The number of ether oxygens (including phenoxy) is 1. The SMILES string of the molecule is Cc1csc(COc2ccc(C(=O)Nc3ccc(F)c(Cl)c3)cc2)n1. The number of nitrogens with zero attached hydrogens (tertiary/aromatic N) is 1. The highest BCUT2D eigenvalue weighted by Gasteiger charge is 2.08. The minimum absolute atomic E-state index is 0.0426. The Morgan fingerprint density at radius 1 is 1.28 bits per heavy atom. The van der Waals surface area contributed by atoms with Gasteiger partial charge in [-0.15, -0.1) is 11.3 Å². The summed E-state index contributed by atoms with van der Waals surface area (Å²) in [6.45, 7) is 2.32. The fourth-order valence-corrected chi connectivity index (χ4v) is 2.96. The number of carbonyl (C=O) groups is 1. The molecule has 3 aromatic rings. The molecule has 0 saturated heterocycles. The van der Waals surface area contributed by atoms with Crippen LogP contribution in [0.1, 0.15) is 21.1 Å². The molecule has 0 bridgehead atoms. The molecule has 7 heteroatoms. The summed E-state index contributed by atoms with van der Waals surface area (Å²) in [5.74, 6) is -0.199. The van der Waals surface area contributed by atoms with E-state index in [1.165, 1.54) is 18.2 Å². The summed E-state index contributed by atoms with van der Waals surface area (Å²) >= 11 is 7.25. The van der Waals surface area contributed by atoms with E-state index in [1.807, 2.05) is 12.3 Å². The Morgan fingerprint density at radius 2 is 2.04 bits per heavy atom. The minimum Gasteiger partial charge on any atom is -0.486 e. The smallest absolute Gasteiger partial charge is 0.255 e. The molecule has 1 heterocycles. The summed E-state index contributed by atoms with van der Waals surface area (Å²) in [7, 11) is 0. The third-order valence-corrected chi connectivity index (χ3v) is 4.55. The second-order valence-electron chi connectivity index (χ2n) is 5.28. The summed E-state index contributed by atoms with van der Waals surface area (Å²) in [5.41, 5.74) is 1.85. The second kappa shape index (κ2) is 7.63. The lowest BCUT2D eigenvalue weighted by atomic mass is 10.2. The number of benzene rings is 2. The van der Waals surface area contributed by atoms with E-state index in [-0.39, 0.29) is 10.9 Å². The topological polar surface area (TPSA) is 51.2 Å². The van der Waals surface area contributed by atoms with Crippen LogP contribution < -0.4 is 10.1 Å². The Morgan fingerprint density at radius 3 is 2.68 bits per heavy atom. The lowest BCUT2D eigenvalue weighted by Crippen LogP contribution is -2.11. The Labute approximate surface area is 153 Å². The van der Waals surface area contributed by atoms with E-state index in [4.69, 9.17) is 16.3 Å². The predicted octanol–water partition coefficient (Wildman–Crippen LogP) is 5.08. The van der Waals surface area contributed by atoms with Gasteiger partial charge in [0.25, 0.3) is 5.91 Å². The Kier molecular flexibility index (Phi) is 5.31. The van der Waals surface area contributed by atoms with Crippen molar-refractivity contribution in [3.63, 3.8) is 0 Å². The van der Waals surface area contributed by atoms with Gasteiger partial charge in [-0.25, -0.2) is 9.37 Å². The van der Waals surface area contributed by atoms with E-state index in [0.29, 0.717) is 23.6 Å². The van der Waals surface area contributed by atoms with Gasteiger partial charge in [0.15, 0.2) is 0 Å². The first-order valence-corrected chi connectivity index (χ1v) is 8.67. The van der Waals surface area contributed by atoms with Crippen LogP contribution in [0, 0.1) is 12.7 Å². The largest absolute Gasteiger partial charge is 0.486 e. The molecule has 0 atom stereocenters. The van der Waals surface area contributed by atoms with Crippen molar-refractivity contribution in [2.24, 2.45) is 0 Å². The molecule has 0 unspecified atom stereocenters. The Hall–Kier alpha value is -2.44.